The zero-order valence-corrected chi connectivity index (χ0v) is 32.2. The topological polar surface area (TPSA) is 99.9 Å². The largest absolute Gasteiger partial charge is 0.389 e. The van der Waals surface area contributed by atoms with Crippen LogP contribution in [0.4, 0.5) is 0 Å². The second kappa shape index (κ2) is 22.4. The Bertz CT molecular complexity index is 1740. The Morgan fingerprint density at radius 3 is 1.45 bits per heavy atom. The lowest BCUT2D eigenvalue weighted by molar-refractivity contribution is -0.251. The van der Waals surface area contributed by atoms with Gasteiger partial charge < -0.3 is 29.4 Å². The highest BCUT2D eigenvalue weighted by atomic mass is 16.6. The van der Waals surface area contributed by atoms with Gasteiger partial charge in [-0.15, -0.1) is 5.10 Å². The highest BCUT2D eigenvalue weighted by Crippen LogP contribution is 2.33. The molecule has 1 heterocycles. The first-order valence-electron chi connectivity index (χ1n) is 20.1. The molecule has 4 aromatic carbocycles. The molecule has 0 amide bonds. The number of aryl methyl sites for hydroxylation is 1. The average molecular weight is 747 g/mol. The fourth-order valence-electron chi connectivity index (χ4n) is 7.23. The van der Waals surface area contributed by atoms with Gasteiger partial charge in [-0.1, -0.05) is 172 Å². The van der Waals surface area contributed by atoms with Crippen molar-refractivity contribution in [3.8, 4) is 0 Å². The summed E-state index contributed by atoms with van der Waals surface area (Å²) in [4.78, 5) is 0. The molecule has 6 atom stereocenters. The number of aliphatic hydroxyl groups excluding tert-OH is 1. The minimum Gasteiger partial charge on any atom is -0.389 e. The standard InChI is InChI=1S/C46H58N4O5/c1-2-3-4-5-6-7-20-29-50-31-40(48-49-50)30-47-41-42(51)44(53-33-37-23-14-9-15-24-37)46(55-35-39-27-18-11-19-28-39)45(54-34-38-25-16-10-17-26-38)43(41)52-32-36-21-12-8-13-22-36/h8-19,21-28,31,41-47,51H,2-7,20,29-30,32-35H2,1H3/t41-,42-,43+,44+,45-,46-/m1/s1. The van der Waals surface area contributed by atoms with E-state index in [1.54, 1.807) is 0 Å². The smallest absolute Gasteiger partial charge is 0.115 e. The van der Waals surface area contributed by atoms with E-state index in [0.717, 1.165) is 40.9 Å². The van der Waals surface area contributed by atoms with E-state index in [4.69, 9.17) is 18.9 Å². The number of benzene rings is 4. The molecule has 55 heavy (non-hydrogen) atoms. The van der Waals surface area contributed by atoms with Crippen molar-refractivity contribution in [2.45, 2.75) is 128 Å². The summed E-state index contributed by atoms with van der Waals surface area (Å²) in [7, 11) is 0. The van der Waals surface area contributed by atoms with Crippen molar-refractivity contribution in [1.29, 1.82) is 0 Å². The molecule has 0 aliphatic heterocycles. The molecule has 2 N–H and O–H groups in total. The third-order valence-corrected chi connectivity index (χ3v) is 10.3. The molecular weight excluding hydrogens is 689 g/mol. The maximum Gasteiger partial charge on any atom is 0.115 e. The van der Waals surface area contributed by atoms with E-state index in [1.165, 1.54) is 38.5 Å². The lowest BCUT2D eigenvalue weighted by Gasteiger charge is -2.49. The predicted molar refractivity (Wildman–Crippen MR) is 215 cm³/mol. The number of aliphatic hydroxyl groups is 1. The molecule has 0 unspecified atom stereocenters. The van der Waals surface area contributed by atoms with Crippen molar-refractivity contribution in [2.24, 2.45) is 0 Å². The van der Waals surface area contributed by atoms with Gasteiger partial charge in [-0.3, -0.25) is 4.68 Å². The molecule has 0 spiro atoms. The first kappa shape index (κ1) is 40.4. The Morgan fingerprint density at radius 1 is 0.545 bits per heavy atom. The van der Waals surface area contributed by atoms with Crippen LogP contribution in [-0.2, 0) is 58.5 Å². The summed E-state index contributed by atoms with van der Waals surface area (Å²) in [5.41, 5.74) is 4.86. The molecule has 0 bridgehead atoms. The highest BCUT2D eigenvalue weighted by molar-refractivity contribution is 5.18. The van der Waals surface area contributed by atoms with E-state index in [-0.39, 0.29) is 0 Å². The Morgan fingerprint density at radius 2 is 0.964 bits per heavy atom. The zero-order chi connectivity index (χ0) is 37.9. The molecule has 292 valence electrons. The zero-order valence-electron chi connectivity index (χ0n) is 32.2. The maximum atomic E-state index is 12.4. The van der Waals surface area contributed by atoms with Crippen LogP contribution in [0.3, 0.4) is 0 Å². The van der Waals surface area contributed by atoms with Crippen LogP contribution in [0.5, 0.6) is 0 Å². The van der Waals surface area contributed by atoms with Crippen LogP contribution >= 0.6 is 0 Å². The van der Waals surface area contributed by atoms with Gasteiger partial charge in [-0.2, -0.15) is 0 Å². The van der Waals surface area contributed by atoms with E-state index >= 15 is 0 Å². The van der Waals surface area contributed by atoms with Gasteiger partial charge in [0.1, 0.15) is 30.5 Å². The Hall–Kier alpha value is -4.22. The summed E-state index contributed by atoms with van der Waals surface area (Å²) >= 11 is 0. The van der Waals surface area contributed by atoms with Gasteiger partial charge >= 0.3 is 0 Å². The van der Waals surface area contributed by atoms with Crippen LogP contribution in [0.15, 0.2) is 128 Å². The maximum absolute atomic E-state index is 12.4. The molecule has 5 aromatic rings. The van der Waals surface area contributed by atoms with Gasteiger partial charge in [-0.25, -0.2) is 0 Å². The molecule has 6 rings (SSSR count). The molecular formula is C46H58N4O5. The predicted octanol–water partition coefficient (Wildman–Crippen LogP) is 8.20. The molecule has 1 aliphatic rings. The molecule has 0 saturated heterocycles. The summed E-state index contributed by atoms with van der Waals surface area (Å²) in [5.74, 6) is 0. The van der Waals surface area contributed by atoms with Crippen molar-refractivity contribution in [3.05, 3.63) is 155 Å². The van der Waals surface area contributed by atoms with Gasteiger partial charge in [0.25, 0.3) is 0 Å². The molecule has 0 radical (unpaired) electrons. The van der Waals surface area contributed by atoms with Crippen LogP contribution in [0.1, 0.15) is 79.8 Å². The van der Waals surface area contributed by atoms with Gasteiger partial charge in [0.2, 0.25) is 0 Å². The van der Waals surface area contributed by atoms with Crippen molar-refractivity contribution < 1.29 is 24.1 Å². The van der Waals surface area contributed by atoms with Gasteiger partial charge in [0.15, 0.2) is 0 Å². The summed E-state index contributed by atoms with van der Waals surface area (Å²) in [6, 6.07) is 39.7. The third-order valence-electron chi connectivity index (χ3n) is 10.3. The second-order valence-corrected chi connectivity index (χ2v) is 14.5. The number of nitrogens with zero attached hydrogens (tertiary/aromatic N) is 3. The average Bonchev–Trinajstić information content (AvgIpc) is 3.69. The first-order chi connectivity index (χ1) is 27.2. The van der Waals surface area contributed by atoms with E-state index in [1.807, 2.05) is 132 Å². The van der Waals surface area contributed by atoms with Crippen LogP contribution in [-0.4, -0.2) is 56.7 Å². The summed E-state index contributed by atoms with van der Waals surface area (Å²) in [6.07, 6.45) is 7.06. The number of hydrogen-bond donors (Lipinski definition) is 2. The minimum atomic E-state index is -1.01. The number of ether oxygens (including phenoxy) is 4. The van der Waals surface area contributed by atoms with Crippen molar-refractivity contribution >= 4 is 0 Å². The summed E-state index contributed by atoms with van der Waals surface area (Å²) < 4.78 is 29.0. The summed E-state index contributed by atoms with van der Waals surface area (Å²) in [6.45, 7) is 4.75. The minimum absolute atomic E-state index is 0.300. The molecule has 1 aliphatic carbocycles. The van der Waals surface area contributed by atoms with Crippen molar-refractivity contribution in [3.63, 3.8) is 0 Å². The number of unbranched alkanes of at least 4 members (excludes halogenated alkanes) is 6. The normalized spacial score (nSPS) is 21.1. The van der Waals surface area contributed by atoms with E-state index in [0.29, 0.717) is 33.0 Å². The fraction of sp³-hybridized carbons (Fsp3) is 0.435. The Labute approximate surface area is 327 Å². The fourth-order valence-corrected chi connectivity index (χ4v) is 7.23. The van der Waals surface area contributed by atoms with Gasteiger partial charge in [0, 0.05) is 19.3 Å². The van der Waals surface area contributed by atoms with Crippen LogP contribution in [0.25, 0.3) is 0 Å². The van der Waals surface area contributed by atoms with Gasteiger partial charge in [-0.05, 0) is 28.7 Å². The number of nitrogens with one attached hydrogen (secondary N) is 1. The number of aromatic nitrogens is 3. The van der Waals surface area contributed by atoms with E-state index in [2.05, 4.69) is 22.6 Å². The Kier molecular flexibility index (Phi) is 16.4. The second-order valence-electron chi connectivity index (χ2n) is 14.5. The van der Waals surface area contributed by atoms with Crippen LogP contribution in [0.2, 0.25) is 0 Å². The summed E-state index contributed by atoms with van der Waals surface area (Å²) in [5, 5.41) is 25.0. The first-order valence-corrected chi connectivity index (χ1v) is 20.1. The Balaban J connectivity index is 1.25. The van der Waals surface area contributed by atoms with Crippen molar-refractivity contribution in [2.75, 3.05) is 0 Å². The number of rotatable bonds is 23. The van der Waals surface area contributed by atoms with Crippen molar-refractivity contribution in [1.82, 2.24) is 20.3 Å². The third kappa shape index (κ3) is 12.7. The lowest BCUT2D eigenvalue weighted by atomic mass is 9.82. The molecule has 1 aromatic heterocycles. The molecule has 9 heteroatoms. The quantitative estimate of drug-likeness (QED) is 0.0646. The van der Waals surface area contributed by atoms with E-state index < -0.39 is 36.6 Å². The monoisotopic (exact) mass is 746 g/mol. The number of hydrogen-bond acceptors (Lipinski definition) is 8. The lowest BCUT2D eigenvalue weighted by Crippen LogP contribution is -2.69. The van der Waals surface area contributed by atoms with E-state index in [9.17, 15) is 5.11 Å². The molecule has 1 fully saturated rings. The molecule has 1 saturated carbocycles. The molecule has 9 nitrogen and oxygen atoms in total. The highest BCUT2D eigenvalue weighted by Gasteiger charge is 2.53. The van der Waals surface area contributed by atoms with Crippen LogP contribution < -0.4 is 5.32 Å². The van der Waals surface area contributed by atoms with Gasteiger partial charge in [0.05, 0.1) is 38.2 Å². The SMILES string of the molecule is CCCCCCCCCn1cc(CN[C@@H]2[C@@H](O)[C@H](OCc3ccccc3)[C@@H](OCc3ccccc3)[C@H](OCc3ccccc3)[C@H]2OCc2ccccc2)nn1. The van der Waals surface area contributed by atoms with Crippen LogP contribution in [0, 0.1) is 0 Å².